The molecule has 140 valence electrons. The first-order valence-electron chi connectivity index (χ1n) is 8.83. The molecule has 27 heavy (non-hydrogen) atoms. The number of pyridine rings is 1. The van der Waals surface area contributed by atoms with Crippen LogP contribution in [0.3, 0.4) is 0 Å². The van der Waals surface area contributed by atoms with Gasteiger partial charge in [0, 0.05) is 25.2 Å². The third-order valence-electron chi connectivity index (χ3n) is 4.14. The number of imidazole rings is 1. The van der Waals surface area contributed by atoms with Gasteiger partial charge in [0.1, 0.15) is 5.69 Å². The molecule has 0 aliphatic heterocycles. The fourth-order valence-corrected chi connectivity index (χ4v) is 2.86. The average Bonchev–Trinajstić information content (AvgIpc) is 3.10. The standard InChI is InChI=1S/C19H21FN6O/c1-2-4-13-11-14(7-8-18(21)27)24-25-16(13)12-26-10-9-22-19(26)15-5-3-6-17(20)23-15/h3,5-6,9-11H,2,4,7-8,12H2,1H3,(H2,21,27). The summed E-state index contributed by atoms with van der Waals surface area (Å²) in [7, 11) is 0. The minimum Gasteiger partial charge on any atom is -0.370 e. The van der Waals surface area contributed by atoms with Crippen LogP contribution >= 0.6 is 0 Å². The van der Waals surface area contributed by atoms with Gasteiger partial charge >= 0.3 is 0 Å². The Labute approximate surface area is 156 Å². The van der Waals surface area contributed by atoms with E-state index in [9.17, 15) is 9.18 Å². The smallest absolute Gasteiger partial charge is 0.217 e. The van der Waals surface area contributed by atoms with E-state index < -0.39 is 5.95 Å². The van der Waals surface area contributed by atoms with Crippen LogP contribution in [-0.4, -0.2) is 30.6 Å². The molecule has 7 nitrogen and oxygen atoms in total. The van der Waals surface area contributed by atoms with E-state index in [1.807, 2.05) is 10.6 Å². The van der Waals surface area contributed by atoms with E-state index in [-0.39, 0.29) is 12.3 Å². The second-order valence-corrected chi connectivity index (χ2v) is 6.25. The maximum absolute atomic E-state index is 13.5. The first kappa shape index (κ1) is 18.6. The molecule has 0 aliphatic carbocycles. The molecule has 0 spiro atoms. The first-order chi connectivity index (χ1) is 13.1. The zero-order valence-corrected chi connectivity index (χ0v) is 15.1. The van der Waals surface area contributed by atoms with E-state index in [0.29, 0.717) is 24.5 Å². The highest BCUT2D eigenvalue weighted by Gasteiger charge is 2.13. The number of carbonyl (C=O) groups excluding carboxylic acids is 1. The molecule has 0 bridgehead atoms. The summed E-state index contributed by atoms with van der Waals surface area (Å²) in [5, 5.41) is 8.58. The highest BCUT2D eigenvalue weighted by atomic mass is 19.1. The molecule has 0 aromatic carbocycles. The van der Waals surface area contributed by atoms with Crippen LogP contribution in [0.15, 0.2) is 36.7 Å². The molecule has 3 aromatic heterocycles. The first-order valence-corrected chi connectivity index (χ1v) is 8.83. The van der Waals surface area contributed by atoms with Crippen LogP contribution in [0, 0.1) is 5.95 Å². The molecule has 0 aliphatic rings. The highest BCUT2D eigenvalue weighted by Crippen LogP contribution is 2.18. The topological polar surface area (TPSA) is 99.6 Å². The predicted molar refractivity (Wildman–Crippen MR) is 98.1 cm³/mol. The number of halogens is 1. The van der Waals surface area contributed by atoms with E-state index in [4.69, 9.17) is 5.73 Å². The van der Waals surface area contributed by atoms with E-state index in [1.165, 1.54) is 6.07 Å². The van der Waals surface area contributed by atoms with E-state index >= 15 is 0 Å². The summed E-state index contributed by atoms with van der Waals surface area (Å²) >= 11 is 0. The lowest BCUT2D eigenvalue weighted by Crippen LogP contribution is -2.13. The van der Waals surface area contributed by atoms with Gasteiger partial charge in [-0.25, -0.2) is 9.97 Å². The third-order valence-corrected chi connectivity index (χ3v) is 4.14. The Balaban J connectivity index is 1.87. The number of hydrogen-bond donors (Lipinski definition) is 1. The Bertz CT molecular complexity index is 939. The molecule has 8 heteroatoms. The van der Waals surface area contributed by atoms with Crippen molar-refractivity contribution >= 4 is 5.91 Å². The minimum absolute atomic E-state index is 0.247. The lowest BCUT2D eigenvalue weighted by molar-refractivity contribution is -0.118. The summed E-state index contributed by atoms with van der Waals surface area (Å²) in [6, 6.07) is 6.60. The van der Waals surface area contributed by atoms with E-state index in [2.05, 4.69) is 27.1 Å². The molecular formula is C19H21FN6O. The largest absolute Gasteiger partial charge is 0.370 e. The van der Waals surface area contributed by atoms with Gasteiger partial charge in [0.2, 0.25) is 11.9 Å². The number of rotatable bonds is 8. The Hall–Kier alpha value is -3.16. The number of aromatic nitrogens is 5. The quantitative estimate of drug-likeness (QED) is 0.615. The van der Waals surface area contributed by atoms with Crippen LogP contribution in [0.4, 0.5) is 4.39 Å². The summed E-state index contributed by atoms with van der Waals surface area (Å²) in [5.41, 5.74) is 8.30. The maximum Gasteiger partial charge on any atom is 0.217 e. The lowest BCUT2D eigenvalue weighted by atomic mass is 10.1. The van der Waals surface area contributed by atoms with Gasteiger partial charge in [-0.3, -0.25) is 4.79 Å². The van der Waals surface area contributed by atoms with Crippen molar-refractivity contribution in [1.29, 1.82) is 0 Å². The molecule has 0 atom stereocenters. The minimum atomic E-state index is -0.549. The SMILES string of the molecule is CCCc1cc(CCC(N)=O)nnc1Cn1ccnc1-c1cccc(F)n1. The van der Waals surface area contributed by atoms with Crippen molar-refractivity contribution in [3.63, 3.8) is 0 Å². The van der Waals surface area contributed by atoms with E-state index in [1.54, 1.807) is 24.5 Å². The summed E-state index contributed by atoms with van der Waals surface area (Å²) in [4.78, 5) is 19.2. The molecule has 0 saturated carbocycles. The van der Waals surface area contributed by atoms with Crippen molar-refractivity contribution in [2.75, 3.05) is 0 Å². The molecule has 0 saturated heterocycles. The number of nitrogens with zero attached hydrogens (tertiary/aromatic N) is 5. The number of amides is 1. The molecule has 1 amide bonds. The number of carbonyl (C=O) groups is 1. The van der Waals surface area contributed by atoms with Crippen molar-refractivity contribution in [3.8, 4) is 11.5 Å². The molecule has 0 radical (unpaired) electrons. The molecule has 0 unspecified atom stereocenters. The van der Waals surface area contributed by atoms with Crippen LogP contribution in [0.5, 0.6) is 0 Å². The molecule has 0 fully saturated rings. The fraction of sp³-hybridized carbons (Fsp3) is 0.316. The van der Waals surface area contributed by atoms with Gasteiger partial charge in [-0.15, -0.1) is 0 Å². The summed E-state index contributed by atoms with van der Waals surface area (Å²) in [6.45, 7) is 2.54. The normalized spacial score (nSPS) is 10.9. The fourth-order valence-electron chi connectivity index (χ4n) is 2.86. The van der Waals surface area contributed by atoms with Crippen molar-refractivity contribution in [2.24, 2.45) is 5.73 Å². The molecule has 3 rings (SSSR count). The average molecular weight is 368 g/mol. The number of nitrogens with two attached hydrogens (primary N) is 1. The summed E-state index contributed by atoms with van der Waals surface area (Å²) in [5.74, 6) is -0.340. The van der Waals surface area contributed by atoms with E-state index in [0.717, 1.165) is 29.8 Å². The molecule has 2 N–H and O–H groups in total. The molecule has 3 aromatic rings. The Kier molecular flexibility index (Phi) is 5.85. The van der Waals surface area contributed by atoms with Gasteiger partial charge in [0.25, 0.3) is 0 Å². The lowest BCUT2D eigenvalue weighted by Gasteiger charge is -2.12. The van der Waals surface area contributed by atoms with Crippen molar-refractivity contribution in [1.82, 2.24) is 24.7 Å². The second kappa shape index (κ2) is 8.48. The monoisotopic (exact) mass is 368 g/mol. The summed E-state index contributed by atoms with van der Waals surface area (Å²) < 4.78 is 15.3. The maximum atomic E-state index is 13.5. The van der Waals surface area contributed by atoms with Crippen LogP contribution in [0.2, 0.25) is 0 Å². The van der Waals surface area contributed by atoms with Crippen molar-refractivity contribution in [3.05, 3.63) is 59.6 Å². The molecular weight excluding hydrogens is 347 g/mol. The van der Waals surface area contributed by atoms with Gasteiger partial charge in [0.15, 0.2) is 5.82 Å². The van der Waals surface area contributed by atoms with Crippen molar-refractivity contribution < 1.29 is 9.18 Å². The van der Waals surface area contributed by atoms with Gasteiger partial charge in [-0.05, 0) is 30.2 Å². The van der Waals surface area contributed by atoms with Crippen molar-refractivity contribution in [2.45, 2.75) is 39.2 Å². The van der Waals surface area contributed by atoms with Crippen LogP contribution in [-0.2, 0) is 24.2 Å². The Morgan fingerprint density at radius 1 is 1.26 bits per heavy atom. The number of aryl methyl sites for hydroxylation is 2. The van der Waals surface area contributed by atoms with Gasteiger partial charge in [-0.1, -0.05) is 19.4 Å². The third kappa shape index (κ3) is 4.72. The van der Waals surface area contributed by atoms with Crippen LogP contribution in [0.1, 0.15) is 36.7 Å². The zero-order valence-electron chi connectivity index (χ0n) is 15.1. The van der Waals surface area contributed by atoms with Crippen LogP contribution in [0.25, 0.3) is 11.5 Å². The predicted octanol–water partition coefficient (Wildman–Crippen LogP) is 2.29. The van der Waals surface area contributed by atoms with Gasteiger partial charge in [-0.2, -0.15) is 14.6 Å². The number of primary amides is 1. The Morgan fingerprint density at radius 2 is 2.11 bits per heavy atom. The molecule has 3 heterocycles. The second-order valence-electron chi connectivity index (χ2n) is 6.25. The highest BCUT2D eigenvalue weighted by molar-refractivity contribution is 5.73. The van der Waals surface area contributed by atoms with Gasteiger partial charge in [0.05, 0.1) is 17.9 Å². The zero-order chi connectivity index (χ0) is 19.2. The summed E-state index contributed by atoms with van der Waals surface area (Å²) in [6.07, 6.45) is 5.97. The Morgan fingerprint density at radius 3 is 2.85 bits per heavy atom. The van der Waals surface area contributed by atoms with Crippen LogP contribution < -0.4 is 5.73 Å². The van der Waals surface area contributed by atoms with Gasteiger partial charge < -0.3 is 10.3 Å². The number of hydrogen-bond acceptors (Lipinski definition) is 5.